The molecule has 0 fully saturated rings. The van der Waals surface area contributed by atoms with E-state index in [1.54, 1.807) is 91.8 Å². The van der Waals surface area contributed by atoms with Crippen molar-refractivity contribution < 1.29 is 95.2 Å². The van der Waals surface area contributed by atoms with E-state index in [1.165, 1.54) is 84.9 Å². The molecule has 0 aliphatic carbocycles. The van der Waals surface area contributed by atoms with Gasteiger partial charge in [0.05, 0.1) is 97.4 Å². The highest BCUT2D eigenvalue weighted by atomic mass is 16.6. The zero-order valence-corrected chi connectivity index (χ0v) is 46.4. The minimum Gasteiger partial charge on any atom is -0.462 e. The lowest BCUT2D eigenvalue weighted by molar-refractivity contribution is 0.0505. The summed E-state index contributed by atoms with van der Waals surface area (Å²) in [6.45, 7) is 13.4. The Morgan fingerprint density at radius 2 is 0.378 bits per heavy atom. The molecule has 0 N–H and O–H groups in total. The highest BCUT2D eigenvalue weighted by Crippen LogP contribution is 2.36. The Hall–Kier alpha value is -9.98. The van der Waals surface area contributed by atoms with Crippen molar-refractivity contribution in [3.05, 3.63) is 165 Å². The van der Waals surface area contributed by atoms with E-state index in [0.29, 0.717) is 11.1 Å². The molecule has 20 heteroatoms. The topological polar surface area (TPSA) is 247 Å². The van der Waals surface area contributed by atoms with Crippen LogP contribution in [0.3, 0.4) is 0 Å². The number of rotatable bonds is 26. The predicted molar refractivity (Wildman–Crippen MR) is 296 cm³/mol. The van der Waals surface area contributed by atoms with Crippen LogP contribution in [0.1, 0.15) is 149 Å². The van der Waals surface area contributed by atoms with E-state index in [9.17, 15) is 38.4 Å². The first-order chi connectivity index (χ1) is 39.5. The number of benzene rings is 6. The zero-order chi connectivity index (χ0) is 59.3. The number of hydrogen-bond acceptors (Lipinski definition) is 20. The maximum Gasteiger partial charge on any atom is 0.338 e. The first kappa shape index (κ1) is 61.2. The minimum atomic E-state index is -0.732. The molecule has 6 rings (SSSR count). The molecule has 20 nitrogen and oxygen atoms in total. The van der Waals surface area contributed by atoms with Crippen molar-refractivity contribution in [3.63, 3.8) is 0 Å². The highest BCUT2D eigenvalue weighted by molar-refractivity contribution is 5.99. The normalized spacial score (nSPS) is 10.7. The van der Waals surface area contributed by atoms with Gasteiger partial charge < -0.3 is 56.8 Å². The summed E-state index contributed by atoms with van der Waals surface area (Å²) >= 11 is 0. The van der Waals surface area contributed by atoms with Crippen molar-refractivity contribution in [3.8, 4) is 46.0 Å². The molecule has 0 aromatic heterocycles. The molecule has 0 radical (unpaired) electrons. The average molecular weight is 1130 g/mol. The fourth-order valence-electron chi connectivity index (χ4n) is 7.64. The molecule has 0 amide bonds. The Balaban J connectivity index is 1.53. The van der Waals surface area contributed by atoms with Crippen LogP contribution in [0.2, 0.25) is 0 Å². The Morgan fingerprint density at radius 1 is 0.232 bits per heavy atom. The number of carbonyl (C=O) groups excluding carboxylic acids is 8. The summed E-state index contributed by atoms with van der Waals surface area (Å²) in [5.74, 6) is -5.37. The molecule has 0 aliphatic heterocycles. The van der Waals surface area contributed by atoms with E-state index < -0.39 is 47.8 Å². The molecular weight excluding hydrogens is 1060 g/mol. The Bertz CT molecular complexity index is 2800. The summed E-state index contributed by atoms with van der Waals surface area (Å²) in [5.41, 5.74) is 0.723. The van der Waals surface area contributed by atoms with Gasteiger partial charge in [0.25, 0.3) is 0 Å². The largest absolute Gasteiger partial charge is 0.462 e. The third-order valence-corrected chi connectivity index (χ3v) is 10.9. The van der Waals surface area contributed by atoms with E-state index >= 15 is 0 Å². The van der Waals surface area contributed by atoms with Crippen LogP contribution in [-0.2, 0) is 37.9 Å². The molecule has 428 valence electrons. The van der Waals surface area contributed by atoms with Crippen LogP contribution >= 0.6 is 0 Å². The summed E-state index contributed by atoms with van der Waals surface area (Å²) in [6.07, 6.45) is 3.28. The summed E-state index contributed by atoms with van der Waals surface area (Å²) in [6, 6.07) is 25.6. The fourth-order valence-corrected chi connectivity index (χ4v) is 7.64. The molecule has 0 atom stereocenters. The molecule has 6 aromatic carbocycles. The lowest BCUT2D eigenvalue weighted by Crippen LogP contribution is -2.10. The van der Waals surface area contributed by atoms with Crippen LogP contribution in [-0.4, -0.2) is 101 Å². The lowest BCUT2D eigenvalue weighted by Gasteiger charge is -2.15. The number of ether oxygens (including phenoxy) is 12. The van der Waals surface area contributed by atoms with Gasteiger partial charge in [-0.1, -0.05) is 12.2 Å². The maximum atomic E-state index is 13.0. The van der Waals surface area contributed by atoms with Crippen molar-refractivity contribution in [1.29, 1.82) is 0 Å². The van der Waals surface area contributed by atoms with Gasteiger partial charge in [-0.25, -0.2) is 38.4 Å². The second kappa shape index (κ2) is 29.8. The molecule has 0 heterocycles. The van der Waals surface area contributed by atoms with Gasteiger partial charge in [-0.15, -0.1) is 0 Å². The molecule has 6 aromatic rings. The van der Waals surface area contributed by atoms with Gasteiger partial charge in [-0.3, -0.25) is 0 Å². The predicted octanol–water partition coefficient (Wildman–Crippen LogP) is 12.4. The zero-order valence-electron chi connectivity index (χ0n) is 46.4. The first-order valence-corrected chi connectivity index (χ1v) is 26.2. The quantitative estimate of drug-likeness (QED) is 0.0278. The van der Waals surface area contributed by atoms with Gasteiger partial charge in [-0.05, 0) is 164 Å². The van der Waals surface area contributed by atoms with Crippen LogP contribution in [0, 0.1) is 0 Å². The minimum absolute atomic E-state index is 0.00760. The summed E-state index contributed by atoms with van der Waals surface area (Å²) < 4.78 is 67.3. The number of esters is 8. The Morgan fingerprint density at radius 3 is 0.524 bits per heavy atom. The molecule has 0 spiro atoms. The molecule has 0 saturated heterocycles. The van der Waals surface area contributed by atoms with Crippen LogP contribution < -0.4 is 18.9 Å². The Labute approximate surface area is 472 Å². The van der Waals surface area contributed by atoms with Crippen LogP contribution in [0.5, 0.6) is 46.0 Å². The van der Waals surface area contributed by atoms with E-state index in [2.05, 4.69) is 0 Å². The van der Waals surface area contributed by atoms with Crippen molar-refractivity contribution in [2.24, 2.45) is 0 Å². The third-order valence-electron chi connectivity index (χ3n) is 10.9. The summed E-state index contributed by atoms with van der Waals surface area (Å²) in [4.78, 5) is 104. The van der Waals surface area contributed by atoms with E-state index in [1.807, 2.05) is 0 Å². The monoisotopic (exact) mass is 1120 g/mol. The van der Waals surface area contributed by atoms with Gasteiger partial charge in [-0.2, -0.15) is 0 Å². The molecular formula is C62H60O20. The third kappa shape index (κ3) is 17.3. The van der Waals surface area contributed by atoms with Crippen molar-refractivity contribution in [1.82, 2.24) is 0 Å². The van der Waals surface area contributed by atoms with E-state index in [4.69, 9.17) is 56.8 Å². The molecule has 0 aliphatic rings. The molecule has 0 bridgehead atoms. The fraction of sp³-hybridized carbons (Fsp3) is 0.258. The highest BCUT2D eigenvalue weighted by Gasteiger charge is 2.22. The Kier molecular flexibility index (Phi) is 22.3. The van der Waals surface area contributed by atoms with Gasteiger partial charge in [0.1, 0.15) is 46.0 Å². The van der Waals surface area contributed by atoms with Crippen LogP contribution in [0.25, 0.3) is 12.2 Å². The number of hydrogen-bond donors (Lipinski definition) is 0. The molecule has 82 heavy (non-hydrogen) atoms. The van der Waals surface area contributed by atoms with Gasteiger partial charge >= 0.3 is 47.8 Å². The summed E-state index contributed by atoms with van der Waals surface area (Å²) in [7, 11) is 0. The van der Waals surface area contributed by atoms with Crippen LogP contribution in [0.15, 0.2) is 109 Å². The van der Waals surface area contributed by atoms with Crippen molar-refractivity contribution in [2.45, 2.75) is 55.4 Å². The molecule has 0 saturated carbocycles. The van der Waals surface area contributed by atoms with Gasteiger partial charge in [0, 0.05) is 12.1 Å². The van der Waals surface area contributed by atoms with E-state index in [-0.39, 0.29) is 143 Å². The second-order valence-electron chi connectivity index (χ2n) is 17.0. The van der Waals surface area contributed by atoms with Gasteiger partial charge in [0.2, 0.25) is 0 Å². The standard InChI is InChI=1S/C62H60O20/c1-9-71-55(63)39-23-40(56(64)72-10-2)28-51(27-39)79-47-19-37(20-48(35-47)80-52-29-41(57(65)73-11-3)24-42(30-52)58(66)74-12-4)17-18-38-21-49(81-53-31-43(59(67)75-13-5)25-44(32-53)60(68)76-14-6)36-50(22-38)82-54-33-45(61(69)77-15-7)26-46(34-54)62(70)78-16-8/h17-36H,9-16H2,1-8H3/b18-17-. The summed E-state index contributed by atoms with van der Waals surface area (Å²) in [5, 5.41) is 0. The van der Waals surface area contributed by atoms with E-state index in [0.717, 1.165) is 0 Å². The van der Waals surface area contributed by atoms with Crippen LogP contribution in [0.4, 0.5) is 0 Å². The van der Waals surface area contributed by atoms with Crippen molar-refractivity contribution >= 4 is 59.9 Å². The SMILES string of the molecule is CCOC(=O)c1cc(Oc2cc(/C=C\c3cc(Oc4cc(C(=O)OCC)cc(C(=O)OCC)c4)cc(Oc4cc(C(=O)OCC)cc(C(=O)OCC)c4)c3)cc(Oc3cc(C(=O)OCC)cc(C(=O)OCC)c3)c2)cc(C(=O)OCC)c1. The maximum absolute atomic E-state index is 13.0. The average Bonchev–Trinajstić information content (AvgIpc) is 3.54. The van der Waals surface area contributed by atoms with Gasteiger partial charge in [0.15, 0.2) is 0 Å². The number of carbonyl (C=O) groups is 8. The lowest BCUT2D eigenvalue weighted by atomic mass is 10.1. The van der Waals surface area contributed by atoms with Crippen molar-refractivity contribution in [2.75, 3.05) is 52.9 Å². The smallest absolute Gasteiger partial charge is 0.338 e. The second-order valence-corrected chi connectivity index (χ2v) is 17.0. The first-order valence-electron chi connectivity index (χ1n) is 26.2. The molecule has 0 unspecified atom stereocenters.